The second-order valence-electron chi connectivity index (χ2n) is 5.53. The molecule has 1 aromatic heterocycles. The van der Waals surface area contributed by atoms with Crippen LogP contribution >= 0.6 is 11.8 Å². The molecule has 0 atom stereocenters. The van der Waals surface area contributed by atoms with E-state index in [1.165, 1.54) is 11.8 Å². The lowest BCUT2D eigenvalue weighted by molar-refractivity contribution is -0.133. The molecule has 6 nitrogen and oxygen atoms in total. The molecule has 0 aliphatic heterocycles. The Labute approximate surface area is 124 Å². The Morgan fingerprint density at radius 1 is 1.35 bits per heavy atom. The molecule has 0 aliphatic rings. The number of carbonyl (C=O) groups is 1. The van der Waals surface area contributed by atoms with Gasteiger partial charge in [-0.15, -0.1) is 10.2 Å². The number of aliphatic carboxylic acids is 1. The van der Waals surface area contributed by atoms with Crippen LogP contribution in [0.25, 0.3) is 0 Å². The second kappa shape index (κ2) is 7.52. The first-order valence-corrected chi connectivity index (χ1v) is 7.82. The maximum absolute atomic E-state index is 10.7. The summed E-state index contributed by atoms with van der Waals surface area (Å²) < 4.78 is 1.99. The predicted octanol–water partition coefficient (Wildman–Crippen LogP) is 2.52. The van der Waals surface area contributed by atoms with Gasteiger partial charge >= 0.3 is 5.97 Å². The first-order valence-electron chi connectivity index (χ1n) is 6.83. The number of hydrogen-bond donors (Lipinski definition) is 1. The molecule has 0 amide bonds. The number of carboxylic acid groups (broad SMARTS) is 1. The smallest absolute Gasteiger partial charge is 0.313 e. The summed E-state index contributed by atoms with van der Waals surface area (Å²) >= 11 is 1.21. The molecule has 1 rings (SSSR count). The van der Waals surface area contributed by atoms with Gasteiger partial charge in [-0.3, -0.25) is 9.36 Å². The van der Waals surface area contributed by atoms with Gasteiger partial charge < -0.3 is 10.0 Å². The zero-order chi connectivity index (χ0) is 15.3. The van der Waals surface area contributed by atoms with Crippen LogP contribution < -0.4 is 4.90 Å². The van der Waals surface area contributed by atoms with E-state index in [4.69, 9.17) is 5.11 Å². The average Bonchev–Trinajstić information content (AvgIpc) is 2.77. The van der Waals surface area contributed by atoms with Crippen LogP contribution in [0.3, 0.4) is 0 Å². The van der Waals surface area contributed by atoms with Crippen molar-refractivity contribution in [2.24, 2.45) is 5.92 Å². The Kier molecular flexibility index (Phi) is 6.32. The molecular formula is C13H24N4O2S. The van der Waals surface area contributed by atoms with E-state index in [1.54, 1.807) is 0 Å². The van der Waals surface area contributed by atoms with E-state index in [9.17, 15) is 4.79 Å². The minimum atomic E-state index is -0.844. The number of anilines is 1. The van der Waals surface area contributed by atoms with Crippen LogP contribution in [-0.4, -0.2) is 45.2 Å². The topological polar surface area (TPSA) is 71.2 Å². The van der Waals surface area contributed by atoms with Crippen LogP contribution in [0.4, 0.5) is 5.95 Å². The third kappa shape index (κ3) is 4.70. The molecule has 0 aromatic carbocycles. The van der Waals surface area contributed by atoms with Crippen molar-refractivity contribution in [1.29, 1.82) is 0 Å². The molecule has 0 radical (unpaired) electrons. The first kappa shape index (κ1) is 16.8. The summed E-state index contributed by atoms with van der Waals surface area (Å²) in [5.41, 5.74) is 0. The Morgan fingerprint density at radius 2 is 2.00 bits per heavy atom. The molecule has 0 saturated carbocycles. The Morgan fingerprint density at radius 3 is 2.50 bits per heavy atom. The van der Waals surface area contributed by atoms with Crippen LogP contribution in [-0.2, 0) is 4.79 Å². The molecule has 1 N–H and O–H groups in total. The molecule has 0 aliphatic carbocycles. The summed E-state index contributed by atoms with van der Waals surface area (Å²) in [6.07, 6.45) is 1.08. The summed E-state index contributed by atoms with van der Waals surface area (Å²) in [6.45, 7) is 9.39. The van der Waals surface area contributed by atoms with E-state index in [2.05, 4.69) is 28.9 Å². The lowest BCUT2D eigenvalue weighted by Gasteiger charge is -2.22. The van der Waals surface area contributed by atoms with Gasteiger partial charge in [0.05, 0.1) is 5.75 Å². The van der Waals surface area contributed by atoms with Gasteiger partial charge in [-0.1, -0.05) is 25.6 Å². The van der Waals surface area contributed by atoms with Crippen molar-refractivity contribution in [2.45, 2.75) is 45.3 Å². The maximum Gasteiger partial charge on any atom is 0.313 e. The Balaban J connectivity index is 2.87. The number of nitrogens with zero attached hydrogens (tertiary/aromatic N) is 4. The largest absolute Gasteiger partial charge is 0.481 e. The van der Waals surface area contributed by atoms with Crippen molar-refractivity contribution in [2.75, 3.05) is 24.2 Å². The van der Waals surface area contributed by atoms with Crippen molar-refractivity contribution in [3.63, 3.8) is 0 Å². The third-order valence-corrected chi connectivity index (χ3v) is 3.80. The van der Waals surface area contributed by atoms with Crippen LogP contribution in [0, 0.1) is 5.92 Å². The fourth-order valence-corrected chi connectivity index (χ4v) is 2.54. The average molecular weight is 300 g/mol. The van der Waals surface area contributed by atoms with Gasteiger partial charge in [0.2, 0.25) is 5.95 Å². The molecular weight excluding hydrogens is 276 g/mol. The lowest BCUT2D eigenvalue weighted by Crippen LogP contribution is -2.24. The summed E-state index contributed by atoms with van der Waals surface area (Å²) in [4.78, 5) is 12.8. The molecule has 114 valence electrons. The van der Waals surface area contributed by atoms with E-state index in [1.807, 2.05) is 25.5 Å². The molecule has 0 saturated heterocycles. The highest BCUT2D eigenvalue weighted by atomic mass is 32.2. The van der Waals surface area contributed by atoms with Crippen molar-refractivity contribution in [3.8, 4) is 0 Å². The zero-order valence-electron chi connectivity index (χ0n) is 12.8. The molecule has 0 fully saturated rings. The van der Waals surface area contributed by atoms with Gasteiger partial charge in [-0.05, 0) is 26.2 Å². The van der Waals surface area contributed by atoms with E-state index in [0.29, 0.717) is 11.1 Å². The number of hydrogen-bond acceptors (Lipinski definition) is 5. The molecule has 1 heterocycles. The summed E-state index contributed by atoms with van der Waals surface area (Å²) in [5, 5.41) is 17.8. The number of rotatable bonds is 8. The Bertz CT molecular complexity index is 446. The Hall–Kier alpha value is -1.24. The van der Waals surface area contributed by atoms with Gasteiger partial charge in [-0.2, -0.15) is 0 Å². The third-order valence-electron chi connectivity index (χ3n) is 2.87. The highest BCUT2D eigenvalue weighted by Crippen LogP contribution is 2.25. The molecule has 1 aromatic rings. The summed E-state index contributed by atoms with van der Waals surface area (Å²) in [5.74, 6) is 0.589. The van der Waals surface area contributed by atoms with Gasteiger partial charge in [-0.25, -0.2) is 0 Å². The predicted molar refractivity (Wildman–Crippen MR) is 81.5 cm³/mol. The van der Waals surface area contributed by atoms with Crippen LogP contribution in [0.5, 0.6) is 0 Å². The van der Waals surface area contributed by atoms with Crippen molar-refractivity contribution in [3.05, 3.63) is 0 Å². The van der Waals surface area contributed by atoms with Gasteiger partial charge in [0.1, 0.15) is 0 Å². The molecule has 0 bridgehead atoms. The van der Waals surface area contributed by atoms with Gasteiger partial charge in [0, 0.05) is 19.6 Å². The SMILES string of the molecule is CC(C)CCN(C)c1nnc(SCC(=O)O)n1C(C)C. The van der Waals surface area contributed by atoms with Crippen molar-refractivity contribution < 1.29 is 9.90 Å². The summed E-state index contributed by atoms with van der Waals surface area (Å²) in [6, 6.07) is 0.192. The van der Waals surface area contributed by atoms with Gasteiger partial charge in [0.15, 0.2) is 5.16 Å². The monoisotopic (exact) mass is 300 g/mol. The van der Waals surface area contributed by atoms with E-state index < -0.39 is 5.97 Å². The molecule has 7 heteroatoms. The highest BCUT2D eigenvalue weighted by Gasteiger charge is 2.19. The standard InChI is InChI=1S/C13H24N4O2S/c1-9(2)6-7-16(5)12-14-15-13(17(12)10(3)4)20-8-11(18)19/h9-10H,6-8H2,1-5H3,(H,18,19). The van der Waals surface area contributed by atoms with E-state index >= 15 is 0 Å². The molecule has 0 unspecified atom stereocenters. The highest BCUT2D eigenvalue weighted by molar-refractivity contribution is 7.99. The molecule has 0 spiro atoms. The van der Waals surface area contributed by atoms with Gasteiger partial charge in [0.25, 0.3) is 0 Å². The summed E-state index contributed by atoms with van der Waals surface area (Å²) in [7, 11) is 2.00. The number of thioether (sulfide) groups is 1. The lowest BCUT2D eigenvalue weighted by atomic mass is 10.1. The van der Waals surface area contributed by atoms with E-state index in [-0.39, 0.29) is 11.8 Å². The minimum Gasteiger partial charge on any atom is -0.481 e. The van der Waals surface area contributed by atoms with Crippen LogP contribution in [0.15, 0.2) is 5.16 Å². The zero-order valence-corrected chi connectivity index (χ0v) is 13.6. The quantitative estimate of drug-likeness (QED) is 0.744. The van der Waals surface area contributed by atoms with Crippen molar-refractivity contribution >= 4 is 23.7 Å². The number of aromatic nitrogens is 3. The minimum absolute atomic E-state index is 0.000557. The second-order valence-corrected chi connectivity index (χ2v) is 6.48. The van der Waals surface area contributed by atoms with Crippen LogP contribution in [0.2, 0.25) is 0 Å². The van der Waals surface area contributed by atoms with Crippen LogP contribution in [0.1, 0.15) is 40.2 Å². The maximum atomic E-state index is 10.7. The first-order chi connectivity index (χ1) is 9.32. The van der Waals surface area contributed by atoms with Crippen molar-refractivity contribution in [1.82, 2.24) is 14.8 Å². The number of carboxylic acids is 1. The molecule has 20 heavy (non-hydrogen) atoms. The normalized spacial score (nSPS) is 11.3. The fourth-order valence-electron chi connectivity index (χ4n) is 1.76. The fraction of sp³-hybridized carbons (Fsp3) is 0.769. The van der Waals surface area contributed by atoms with E-state index in [0.717, 1.165) is 18.9 Å².